The molecule has 1 nitrogen and oxygen atoms in total. The second-order valence-electron chi connectivity index (χ2n) is 3.24. The normalized spacial score (nSPS) is 15.9. The fraction of sp³-hybridized carbons (Fsp3) is 0.455. The third kappa shape index (κ3) is 3.66. The monoisotopic (exact) mass is 269 g/mol. The molecule has 0 aromatic rings. The minimum absolute atomic E-state index is 0. The average molecular weight is 269 g/mol. The molecule has 0 bridgehead atoms. The van der Waals surface area contributed by atoms with Crippen molar-refractivity contribution in [1.82, 2.24) is 4.90 Å². The summed E-state index contributed by atoms with van der Waals surface area (Å²) in [6.45, 7) is 8.42. The van der Waals surface area contributed by atoms with Crippen molar-refractivity contribution in [3.8, 4) is 0 Å². The quantitative estimate of drug-likeness (QED) is 0.711. The second-order valence-corrected chi connectivity index (χ2v) is 3.24. The fourth-order valence-electron chi connectivity index (χ4n) is 1.22. The molecule has 1 rings (SSSR count). The third-order valence-electron chi connectivity index (χ3n) is 1.99. The van der Waals surface area contributed by atoms with Crippen molar-refractivity contribution < 1.29 is 37.1 Å². The minimum Gasteiger partial charge on any atom is -0.453 e. The predicted molar refractivity (Wildman–Crippen MR) is 52.4 cm³/mol. The van der Waals surface area contributed by atoms with Crippen LogP contribution in [0, 0.1) is 6.20 Å². The van der Waals surface area contributed by atoms with Crippen molar-refractivity contribution in [3.63, 3.8) is 0 Å². The first-order valence-electron chi connectivity index (χ1n) is 4.59. The van der Waals surface area contributed by atoms with Gasteiger partial charge in [0, 0.05) is 38.5 Å². The molecule has 1 aliphatic heterocycles. The van der Waals surface area contributed by atoms with Crippen molar-refractivity contribution in [2.75, 3.05) is 6.54 Å². The number of rotatable bonds is 3. The molecule has 0 aliphatic carbocycles. The van der Waals surface area contributed by atoms with Crippen LogP contribution in [-0.4, -0.2) is 11.4 Å². The third-order valence-corrected chi connectivity index (χ3v) is 1.99. The SMILES string of the molecule is C=C1C(F)=CC(C)=[C-]N1CCCC.[Y]. The van der Waals surface area contributed by atoms with E-state index in [1.807, 2.05) is 6.92 Å². The van der Waals surface area contributed by atoms with E-state index in [4.69, 9.17) is 0 Å². The first-order chi connectivity index (χ1) is 6.15. The van der Waals surface area contributed by atoms with Crippen LogP contribution in [0.3, 0.4) is 0 Å². The van der Waals surface area contributed by atoms with Crippen molar-refractivity contribution in [2.45, 2.75) is 26.7 Å². The van der Waals surface area contributed by atoms with E-state index in [-0.39, 0.29) is 38.5 Å². The molecule has 14 heavy (non-hydrogen) atoms. The standard InChI is InChI=1S/C11H15FN.Y/c1-4-5-6-13-8-9(2)7-11(12)10(13)3;/h7H,3-6H2,1-2H3;/q-1;. The maximum Gasteiger partial charge on any atom is 0.0377 e. The zero-order valence-corrected chi connectivity index (χ0v) is 11.6. The largest absolute Gasteiger partial charge is 0.453 e. The van der Waals surface area contributed by atoms with Crippen LogP contribution in [0.25, 0.3) is 0 Å². The van der Waals surface area contributed by atoms with Gasteiger partial charge >= 0.3 is 0 Å². The second kappa shape index (κ2) is 6.52. The molecular weight excluding hydrogens is 254 g/mol. The molecule has 1 aliphatic rings. The van der Waals surface area contributed by atoms with Gasteiger partial charge in [0.25, 0.3) is 0 Å². The average Bonchev–Trinajstić information content (AvgIpc) is 2.09. The van der Waals surface area contributed by atoms with Crippen LogP contribution < -0.4 is 0 Å². The van der Waals surface area contributed by atoms with E-state index in [2.05, 4.69) is 19.7 Å². The van der Waals surface area contributed by atoms with Crippen LogP contribution >= 0.6 is 0 Å². The van der Waals surface area contributed by atoms with Gasteiger partial charge in [0.15, 0.2) is 0 Å². The molecule has 1 radical (unpaired) electrons. The summed E-state index contributed by atoms with van der Waals surface area (Å²) >= 11 is 0. The zero-order chi connectivity index (χ0) is 9.84. The van der Waals surface area contributed by atoms with Crippen LogP contribution in [0.4, 0.5) is 4.39 Å². The number of hydrogen-bond acceptors (Lipinski definition) is 1. The first-order valence-corrected chi connectivity index (χ1v) is 4.59. The number of hydrogen-bond donors (Lipinski definition) is 0. The maximum absolute atomic E-state index is 13.2. The van der Waals surface area contributed by atoms with Gasteiger partial charge in [0.2, 0.25) is 0 Å². The van der Waals surface area contributed by atoms with E-state index in [1.165, 1.54) is 6.08 Å². The van der Waals surface area contributed by atoms with Crippen molar-refractivity contribution in [2.24, 2.45) is 0 Å². The Morgan fingerprint density at radius 3 is 2.79 bits per heavy atom. The Balaban J connectivity index is 0.00000169. The van der Waals surface area contributed by atoms with Crippen LogP contribution in [0.15, 0.2) is 29.8 Å². The van der Waals surface area contributed by atoms with Gasteiger partial charge in [-0.1, -0.05) is 26.5 Å². The summed E-state index contributed by atoms with van der Waals surface area (Å²) in [6, 6.07) is 0. The summed E-state index contributed by atoms with van der Waals surface area (Å²) in [5.74, 6) is -0.243. The Hall–Kier alpha value is 0.0539. The van der Waals surface area contributed by atoms with Crippen molar-refractivity contribution >= 4 is 0 Å². The van der Waals surface area contributed by atoms with Gasteiger partial charge in [-0.3, -0.25) is 0 Å². The summed E-state index contributed by atoms with van der Waals surface area (Å²) in [5, 5.41) is 0. The number of nitrogens with zero attached hydrogens (tertiary/aromatic N) is 1. The molecule has 1 heterocycles. The van der Waals surface area contributed by atoms with Crippen LogP contribution in [0.1, 0.15) is 26.7 Å². The Labute approximate surface area is 111 Å². The van der Waals surface area contributed by atoms with E-state index in [0.29, 0.717) is 5.70 Å². The van der Waals surface area contributed by atoms with Gasteiger partial charge in [-0.2, -0.15) is 0 Å². The van der Waals surface area contributed by atoms with Crippen LogP contribution in [0.2, 0.25) is 0 Å². The van der Waals surface area contributed by atoms with Gasteiger partial charge in [-0.25, -0.2) is 4.39 Å². The van der Waals surface area contributed by atoms with E-state index >= 15 is 0 Å². The molecule has 0 amide bonds. The Morgan fingerprint density at radius 2 is 2.21 bits per heavy atom. The Morgan fingerprint density at radius 1 is 1.57 bits per heavy atom. The van der Waals surface area contributed by atoms with E-state index in [1.54, 1.807) is 4.90 Å². The molecule has 0 N–H and O–H groups in total. The van der Waals surface area contributed by atoms with Gasteiger partial charge in [0.1, 0.15) is 0 Å². The fourth-order valence-corrected chi connectivity index (χ4v) is 1.22. The van der Waals surface area contributed by atoms with Crippen molar-refractivity contribution in [1.29, 1.82) is 0 Å². The van der Waals surface area contributed by atoms with E-state index in [0.717, 1.165) is 25.0 Å². The number of unbranched alkanes of at least 4 members (excludes halogenated alkanes) is 1. The molecule has 0 saturated heterocycles. The molecule has 0 aromatic heterocycles. The molecule has 0 saturated carbocycles. The molecular formula is C11H15FNY-. The van der Waals surface area contributed by atoms with Gasteiger partial charge < -0.3 is 4.90 Å². The summed E-state index contributed by atoms with van der Waals surface area (Å²) in [6.07, 6.45) is 6.66. The first kappa shape index (κ1) is 14.1. The van der Waals surface area contributed by atoms with Gasteiger partial charge in [-0.05, 0) is 18.7 Å². The van der Waals surface area contributed by atoms with E-state index in [9.17, 15) is 4.39 Å². The molecule has 0 unspecified atom stereocenters. The summed E-state index contributed by atoms with van der Waals surface area (Å²) in [5.41, 5.74) is 1.25. The smallest absolute Gasteiger partial charge is 0.0377 e. The van der Waals surface area contributed by atoms with Crippen molar-refractivity contribution in [3.05, 3.63) is 36.0 Å². The number of allylic oxidation sites excluding steroid dienone is 3. The van der Waals surface area contributed by atoms with Crippen LogP contribution in [-0.2, 0) is 32.7 Å². The minimum atomic E-state index is -0.243. The summed E-state index contributed by atoms with van der Waals surface area (Å²) in [4.78, 5) is 1.76. The van der Waals surface area contributed by atoms with Gasteiger partial charge in [-0.15, -0.1) is 18.2 Å². The Kier molecular flexibility index (Phi) is 6.55. The maximum atomic E-state index is 13.2. The predicted octanol–water partition coefficient (Wildman–Crippen LogP) is 3.17. The van der Waals surface area contributed by atoms with E-state index < -0.39 is 0 Å². The molecule has 0 fully saturated rings. The topological polar surface area (TPSA) is 3.24 Å². The Bertz CT molecular complexity index is 268. The number of halogens is 1. The molecule has 0 aromatic carbocycles. The zero-order valence-electron chi connectivity index (χ0n) is 8.81. The molecule has 0 spiro atoms. The molecule has 75 valence electrons. The summed E-state index contributed by atoms with van der Waals surface area (Å²) in [7, 11) is 0. The van der Waals surface area contributed by atoms with Gasteiger partial charge in [0.05, 0.1) is 0 Å². The summed E-state index contributed by atoms with van der Waals surface area (Å²) < 4.78 is 13.2. The molecule has 0 atom stereocenters. The van der Waals surface area contributed by atoms with Crippen LogP contribution in [0.5, 0.6) is 0 Å². The molecule has 3 heteroatoms.